The van der Waals surface area contributed by atoms with Gasteiger partial charge in [0.25, 0.3) is 0 Å². The van der Waals surface area contributed by atoms with Crippen LogP contribution in [0, 0.1) is 0 Å². The van der Waals surface area contributed by atoms with Crippen LogP contribution >= 0.6 is 23.7 Å². The summed E-state index contributed by atoms with van der Waals surface area (Å²) in [6.07, 6.45) is 6.86. The van der Waals surface area contributed by atoms with Crippen LogP contribution in [0.5, 0.6) is 0 Å². The number of aromatic nitrogens is 3. The third-order valence-electron chi connectivity index (χ3n) is 3.98. The summed E-state index contributed by atoms with van der Waals surface area (Å²) in [6, 6.07) is 6.56. The van der Waals surface area contributed by atoms with Gasteiger partial charge in [0.05, 0.1) is 26.5 Å². The lowest BCUT2D eigenvalue weighted by Crippen LogP contribution is -2.14. The fourth-order valence-electron chi connectivity index (χ4n) is 2.97. The second kappa shape index (κ2) is 6.14. The minimum Gasteiger partial charge on any atom is -0.384 e. The maximum absolute atomic E-state index is 5.96. The predicted octanol–water partition coefficient (Wildman–Crippen LogP) is 4.04. The lowest BCUT2D eigenvalue weighted by Gasteiger charge is -2.14. The maximum Gasteiger partial charge on any atom is 0.126 e. The number of rotatable bonds is 3. The summed E-state index contributed by atoms with van der Waals surface area (Å²) >= 11 is 1.72. The van der Waals surface area contributed by atoms with Crippen molar-refractivity contribution in [1.82, 2.24) is 15.2 Å². The number of nitrogen functional groups attached to an aromatic ring is 1. The number of thiophene rings is 1. The molecule has 1 fully saturated rings. The number of fused-ring (bicyclic) bond motifs is 1. The molecule has 5 nitrogen and oxygen atoms in total. The lowest BCUT2D eigenvalue weighted by molar-refractivity contribution is 0.757. The average Bonchev–Trinajstić information content (AvgIpc) is 3.19. The van der Waals surface area contributed by atoms with E-state index in [2.05, 4.69) is 26.6 Å². The zero-order valence-electron chi connectivity index (χ0n) is 12.0. The third kappa shape index (κ3) is 2.76. The van der Waals surface area contributed by atoms with Gasteiger partial charge in [-0.1, -0.05) is 12.8 Å². The molecule has 0 amide bonds. The number of nitrogens with two attached hydrogens (primary N) is 1. The summed E-state index contributed by atoms with van der Waals surface area (Å²) in [5.41, 5.74) is 9.04. The van der Waals surface area contributed by atoms with E-state index >= 15 is 0 Å². The van der Waals surface area contributed by atoms with E-state index in [0.717, 1.165) is 21.8 Å². The van der Waals surface area contributed by atoms with E-state index in [1.807, 2.05) is 12.1 Å². The normalized spacial score (nSPS) is 15.1. The van der Waals surface area contributed by atoms with E-state index in [-0.39, 0.29) is 12.4 Å². The molecular formula is C15H18ClN5S. The summed E-state index contributed by atoms with van der Waals surface area (Å²) in [5, 5.41) is 10.7. The van der Waals surface area contributed by atoms with Crippen molar-refractivity contribution in [2.24, 2.45) is 0 Å². The number of hydrogen-bond acceptors (Lipinski definition) is 5. The van der Waals surface area contributed by atoms with E-state index in [0.29, 0.717) is 11.9 Å². The Morgan fingerprint density at radius 3 is 2.82 bits per heavy atom. The van der Waals surface area contributed by atoms with Crippen LogP contribution < -0.4 is 11.1 Å². The van der Waals surface area contributed by atoms with Crippen molar-refractivity contribution in [2.45, 2.75) is 31.7 Å². The van der Waals surface area contributed by atoms with Crippen molar-refractivity contribution < 1.29 is 0 Å². The molecule has 0 radical (unpaired) electrons. The van der Waals surface area contributed by atoms with Crippen molar-refractivity contribution in [3.63, 3.8) is 0 Å². The summed E-state index contributed by atoms with van der Waals surface area (Å²) in [4.78, 5) is 5.59. The van der Waals surface area contributed by atoms with Crippen molar-refractivity contribution in [3.05, 3.63) is 24.4 Å². The first-order chi connectivity index (χ1) is 10.3. The van der Waals surface area contributed by atoms with Gasteiger partial charge >= 0.3 is 0 Å². The van der Waals surface area contributed by atoms with Gasteiger partial charge in [-0.2, -0.15) is 5.10 Å². The van der Waals surface area contributed by atoms with Crippen LogP contribution in [-0.2, 0) is 0 Å². The molecule has 0 unspecified atom stereocenters. The molecule has 1 aliphatic carbocycles. The highest BCUT2D eigenvalue weighted by Gasteiger charge is 2.17. The Morgan fingerprint density at radius 2 is 2.09 bits per heavy atom. The highest BCUT2D eigenvalue weighted by Crippen LogP contribution is 2.37. The van der Waals surface area contributed by atoms with Crippen LogP contribution in [-0.4, -0.2) is 21.2 Å². The van der Waals surface area contributed by atoms with Crippen LogP contribution in [0.3, 0.4) is 0 Å². The first-order valence-electron chi connectivity index (χ1n) is 7.26. The Labute approximate surface area is 138 Å². The van der Waals surface area contributed by atoms with Crippen LogP contribution in [0.4, 0.5) is 11.5 Å². The van der Waals surface area contributed by atoms with Gasteiger partial charge in [-0.05, 0) is 25.0 Å². The SMILES string of the molecule is Cl.Nc1cc(NC2CCCC2)c2sc(-c3ccn[nH]3)cc2n1. The molecule has 3 aromatic heterocycles. The van der Waals surface area contributed by atoms with Gasteiger partial charge in [-0.3, -0.25) is 5.10 Å². The van der Waals surface area contributed by atoms with Crippen LogP contribution in [0.1, 0.15) is 25.7 Å². The molecule has 116 valence electrons. The van der Waals surface area contributed by atoms with E-state index in [1.165, 1.54) is 30.4 Å². The Hall–Kier alpha value is -1.79. The van der Waals surface area contributed by atoms with Crippen LogP contribution in [0.25, 0.3) is 20.8 Å². The first kappa shape index (κ1) is 15.1. The Bertz CT molecular complexity index is 762. The minimum atomic E-state index is 0. The number of nitrogens with zero attached hydrogens (tertiary/aromatic N) is 2. The lowest BCUT2D eigenvalue weighted by atomic mass is 10.2. The molecule has 1 saturated carbocycles. The highest BCUT2D eigenvalue weighted by atomic mass is 35.5. The van der Waals surface area contributed by atoms with Gasteiger partial charge in [-0.25, -0.2) is 4.98 Å². The van der Waals surface area contributed by atoms with E-state index in [1.54, 1.807) is 17.5 Å². The number of H-pyrrole nitrogens is 1. The molecular weight excluding hydrogens is 318 g/mol. The smallest absolute Gasteiger partial charge is 0.126 e. The van der Waals surface area contributed by atoms with Crippen molar-refractivity contribution in [3.8, 4) is 10.6 Å². The number of anilines is 2. The number of halogens is 1. The topological polar surface area (TPSA) is 79.6 Å². The van der Waals surface area contributed by atoms with Gasteiger partial charge in [0, 0.05) is 18.3 Å². The fourth-order valence-corrected chi connectivity index (χ4v) is 4.02. The summed E-state index contributed by atoms with van der Waals surface area (Å²) in [6.45, 7) is 0. The maximum atomic E-state index is 5.96. The quantitative estimate of drug-likeness (QED) is 0.674. The van der Waals surface area contributed by atoms with Gasteiger partial charge in [0.15, 0.2) is 0 Å². The predicted molar refractivity (Wildman–Crippen MR) is 94.7 cm³/mol. The standard InChI is InChI=1S/C15H17N5S.ClH/c16-14-8-12(18-9-3-1-2-4-9)15-11(19-14)7-13(21-15)10-5-6-17-20-10;/h5-9H,1-4H2,(H,17,20)(H3,16,18,19);1H. The Kier molecular flexibility index (Phi) is 4.22. The van der Waals surface area contributed by atoms with Gasteiger partial charge in [-0.15, -0.1) is 23.7 Å². The molecule has 1 aliphatic rings. The second-order valence-corrected chi connectivity index (χ2v) is 6.57. The summed E-state index contributed by atoms with van der Waals surface area (Å²) in [7, 11) is 0. The highest BCUT2D eigenvalue weighted by molar-refractivity contribution is 7.22. The molecule has 0 saturated heterocycles. The molecule has 7 heteroatoms. The number of aromatic amines is 1. The largest absolute Gasteiger partial charge is 0.384 e. The van der Waals surface area contributed by atoms with Crippen molar-refractivity contribution in [2.75, 3.05) is 11.1 Å². The minimum absolute atomic E-state index is 0. The molecule has 4 rings (SSSR count). The van der Waals surface area contributed by atoms with Gasteiger partial charge in [0.2, 0.25) is 0 Å². The van der Waals surface area contributed by atoms with Gasteiger partial charge in [0.1, 0.15) is 5.82 Å². The Balaban J connectivity index is 0.00000144. The third-order valence-corrected chi connectivity index (χ3v) is 5.17. The van der Waals surface area contributed by atoms with Crippen LogP contribution in [0.2, 0.25) is 0 Å². The average molecular weight is 336 g/mol. The van der Waals surface area contributed by atoms with Crippen molar-refractivity contribution >= 4 is 45.5 Å². The van der Waals surface area contributed by atoms with Gasteiger partial charge < -0.3 is 11.1 Å². The molecule has 22 heavy (non-hydrogen) atoms. The number of hydrogen-bond donors (Lipinski definition) is 3. The molecule has 0 atom stereocenters. The van der Waals surface area contributed by atoms with E-state index in [4.69, 9.17) is 5.73 Å². The van der Waals surface area contributed by atoms with Crippen molar-refractivity contribution in [1.29, 1.82) is 0 Å². The zero-order valence-corrected chi connectivity index (χ0v) is 13.6. The summed E-state index contributed by atoms with van der Waals surface area (Å²) < 4.78 is 1.17. The Morgan fingerprint density at radius 1 is 1.27 bits per heavy atom. The zero-order chi connectivity index (χ0) is 14.2. The molecule has 3 heterocycles. The number of nitrogens with one attached hydrogen (secondary N) is 2. The summed E-state index contributed by atoms with van der Waals surface area (Å²) in [5.74, 6) is 0.567. The van der Waals surface area contributed by atoms with E-state index in [9.17, 15) is 0 Å². The molecule has 4 N–H and O–H groups in total. The van der Waals surface area contributed by atoms with Crippen LogP contribution in [0.15, 0.2) is 24.4 Å². The molecule has 0 bridgehead atoms. The molecule has 0 aliphatic heterocycles. The molecule has 0 spiro atoms. The van der Waals surface area contributed by atoms with E-state index < -0.39 is 0 Å². The number of pyridine rings is 1. The fraction of sp³-hybridized carbons (Fsp3) is 0.333. The molecule has 3 aromatic rings. The monoisotopic (exact) mass is 335 g/mol. The second-order valence-electron chi connectivity index (χ2n) is 5.52. The molecule has 0 aromatic carbocycles. The first-order valence-corrected chi connectivity index (χ1v) is 8.07.